The lowest BCUT2D eigenvalue weighted by Crippen LogP contribution is -2.53. The molecule has 0 aromatic carbocycles. The summed E-state index contributed by atoms with van der Waals surface area (Å²) >= 11 is 0. The van der Waals surface area contributed by atoms with Gasteiger partial charge < -0.3 is 0 Å². The van der Waals surface area contributed by atoms with Crippen LogP contribution in [0.4, 0.5) is 0 Å². The smallest absolute Gasteiger partial charge is 0.142 e. The molecular weight excluding hydrogens is 368 g/mol. The van der Waals surface area contributed by atoms with Crippen molar-refractivity contribution in [1.82, 2.24) is 0 Å². The van der Waals surface area contributed by atoms with Gasteiger partial charge in [-0.15, -0.1) is 0 Å². The molecule has 0 aromatic heterocycles. The predicted octanol–water partition coefficient (Wildman–Crippen LogP) is 6.36. The van der Waals surface area contributed by atoms with Crippen molar-refractivity contribution in [1.29, 1.82) is 0 Å². The molecule has 9 aliphatic carbocycles. The molecular formula is C28H40O2. The highest BCUT2D eigenvalue weighted by atomic mass is 16.1. The molecule has 0 N–H and O–H groups in total. The zero-order valence-corrected chi connectivity index (χ0v) is 18.7. The zero-order valence-electron chi connectivity index (χ0n) is 18.7. The number of ketones is 2. The molecule has 9 fully saturated rings. The predicted molar refractivity (Wildman–Crippen MR) is 117 cm³/mol. The Morgan fingerprint density at radius 3 is 0.900 bits per heavy atom. The molecule has 0 amide bonds. The van der Waals surface area contributed by atoms with Crippen molar-refractivity contribution in [2.45, 2.75) is 103 Å². The van der Waals surface area contributed by atoms with Gasteiger partial charge in [0.15, 0.2) is 0 Å². The van der Waals surface area contributed by atoms with Crippen LogP contribution in [-0.2, 0) is 9.59 Å². The largest absolute Gasteiger partial charge is 0.299 e. The van der Waals surface area contributed by atoms with Crippen LogP contribution < -0.4 is 0 Å². The lowest BCUT2D eigenvalue weighted by Gasteiger charge is -2.57. The Bertz CT molecular complexity index is 620. The first-order valence-corrected chi connectivity index (χ1v) is 13.6. The fraction of sp³-hybridized carbons (Fsp3) is 0.929. The molecule has 0 spiro atoms. The van der Waals surface area contributed by atoms with Crippen LogP contribution in [0.15, 0.2) is 0 Å². The quantitative estimate of drug-likeness (QED) is 0.542. The molecule has 0 saturated heterocycles. The van der Waals surface area contributed by atoms with Gasteiger partial charge in [0.05, 0.1) is 0 Å². The van der Waals surface area contributed by atoms with Crippen molar-refractivity contribution in [3.8, 4) is 0 Å². The fourth-order valence-electron chi connectivity index (χ4n) is 11.3. The summed E-state index contributed by atoms with van der Waals surface area (Å²) < 4.78 is 0. The molecule has 0 radical (unpaired) electrons. The fourth-order valence-corrected chi connectivity index (χ4v) is 11.3. The van der Waals surface area contributed by atoms with Crippen LogP contribution in [-0.4, -0.2) is 11.6 Å². The van der Waals surface area contributed by atoms with E-state index in [1.54, 1.807) is 0 Å². The third-order valence-electron chi connectivity index (χ3n) is 11.6. The second-order valence-electron chi connectivity index (χ2n) is 13.7. The number of carbonyl (C=O) groups is 2. The second kappa shape index (κ2) is 6.44. The minimum atomic E-state index is 0.0657. The summed E-state index contributed by atoms with van der Waals surface area (Å²) in [4.78, 5) is 27.5. The van der Waals surface area contributed by atoms with Crippen LogP contribution in [0.2, 0.25) is 0 Å². The Morgan fingerprint density at radius 2 is 0.667 bits per heavy atom. The molecule has 2 heteroatoms. The van der Waals surface area contributed by atoms with Crippen molar-refractivity contribution >= 4 is 11.6 Å². The van der Waals surface area contributed by atoms with E-state index in [0.717, 1.165) is 61.2 Å². The number of hydrogen-bond acceptors (Lipinski definition) is 2. The third-order valence-corrected chi connectivity index (χ3v) is 11.6. The lowest BCUT2D eigenvalue weighted by atomic mass is 9.46. The zero-order chi connectivity index (χ0) is 20.1. The minimum absolute atomic E-state index is 0.0657. The maximum absolute atomic E-state index is 13.8. The SMILES string of the molecule is O=C(C1CCC(C(=O)C23CC4CC(CC(C4)C2)C3)CC1)C12CC3CC(CC(C3)C1)C2. The number of carbonyl (C=O) groups excluding carboxylic acids is 2. The molecule has 8 bridgehead atoms. The molecule has 30 heavy (non-hydrogen) atoms. The maximum atomic E-state index is 13.8. The molecule has 2 nitrogen and oxygen atoms in total. The molecule has 0 aromatic rings. The van der Waals surface area contributed by atoms with E-state index in [1.165, 1.54) is 77.0 Å². The third kappa shape index (κ3) is 2.73. The number of hydrogen-bond donors (Lipinski definition) is 0. The normalized spacial score (nSPS) is 55.7. The molecule has 0 heterocycles. The van der Waals surface area contributed by atoms with Crippen molar-refractivity contribution in [3.05, 3.63) is 0 Å². The topological polar surface area (TPSA) is 34.1 Å². The monoisotopic (exact) mass is 408 g/mol. The van der Waals surface area contributed by atoms with Crippen molar-refractivity contribution in [2.24, 2.45) is 58.2 Å². The molecule has 0 unspecified atom stereocenters. The van der Waals surface area contributed by atoms with E-state index in [0.29, 0.717) is 11.6 Å². The minimum Gasteiger partial charge on any atom is -0.299 e. The standard InChI is InChI=1S/C28H40O2/c29-25(27-11-17-5-18(12-27)7-19(6-17)13-27)23-1-2-24(4-3-23)26(30)28-14-20-8-21(15-28)10-22(9-20)16-28/h17-24H,1-16H2. The summed E-state index contributed by atoms with van der Waals surface area (Å²) in [5.41, 5.74) is 0.131. The Balaban J connectivity index is 1.03. The average molecular weight is 409 g/mol. The molecule has 9 aliphatic rings. The van der Waals surface area contributed by atoms with Crippen molar-refractivity contribution in [3.63, 3.8) is 0 Å². The Hall–Kier alpha value is -0.660. The summed E-state index contributed by atoms with van der Waals surface area (Å²) in [6.07, 6.45) is 19.8. The first-order chi connectivity index (χ1) is 14.5. The van der Waals surface area contributed by atoms with Gasteiger partial charge in [0.25, 0.3) is 0 Å². The van der Waals surface area contributed by atoms with E-state index in [2.05, 4.69) is 0 Å². The summed E-state index contributed by atoms with van der Waals surface area (Å²) in [6, 6.07) is 0. The Labute approximate surface area is 182 Å². The first-order valence-electron chi connectivity index (χ1n) is 13.6. The van der Waals surface area contributed by atoms with Crippen LogP contribution in [0.1, 0.15) is 103 Å². The Morgan fingerprint density at radius 1 is 0.433 bits per heavy atom. The van der Waals surface area contributed by atoms with Gasteiger partial charge in [-0.05, 0) is 138 Å². The van der Waals surface area contributed by atoms with E-state index in [4.69, 9.17) is 0 Å². The molecule has 0 aliphatic heterocycles. The summed E-state index contributed by atoms with van der Waals surface area (Å²) in [7, 11) is 0. The van der Waals surface area contributed by atoms with Gasteiger partial charge >= 0.3 is 0 Å². The van der Waals surface area contributed by atoms with Gasteiger partial charge in [-0.25, -0.2) is 0 Å². The molecule has 9 saturated carbocycles. The molecule has 0 atom stereocenters. The average Bonchev–Trinajstić information content (AvgIpc) is 2.71. The van der Waals surface area contributed by atoms with E-state index in [9.17, 15) is 9.59 Å². The van der Waals surface area contributed by atoms with Crippen molar-refractivity contribution < 1.29 is 9.59 Å². The van der Waals surface area contributed by atoms with Gasteiger partial charge in [0.1, 0.15) is 11.6 Å². The van der Waals surface area contributed by atoms with Gasteiger partial charge in [-0.1, -0.05) is 0 Å². The maximum Gasteiger partial charge on any atom is 0.142 e. The highest BCUT2D eigenvalue weighted by Gasteiger charge is 2.57. The number of rotatable bonds is 4. The summed E-state index contributed by atoms with van der Waals surface area (Å²) in [5, 5.41) is 0. The van der Waals surface area contributed by atoms with Crippen molar-refractivity contribution in [2.75, 3.05) is 0 Å². The van der Waals surface area contributed by atoms with E-state index in [-0.39, 0.29) is 22.7 Å². The van der Waals surface area contributed by atoms with E-state index >= 15 is 0 Å². The van der Waals surface area contributed by atoms with Gasteiger partial charge in [-0.2, -0.15) is 0 Å². The highest BCUT2D eigenvalue weighted by molar-refractivity contribution is 5.89. The van der Waals surface area contributed by atoms with Crippen LogP contribution >= 0.6 is 0 Å². The molecule has 164 valence electrons. The summed E-state index contributed by atoms with van der Waals surface area (Å²) in [5.74, 6) is 7.00. The van der Waals surface area contributed by atoms with Crippen LogP contribution in [0.3, 0.4) is 0 Å². The van der Waals surface area contributed by atoms with E-state index in [1.807, 2.05) is 0 Å². The van der Waals surface area contributed by atoms with Crippen LogP contribution in [0.5, 0.6) is 0 Å². The van der Waals surface area contributed by atoms with Crippen LogP contribution in [0, 0.1) is 58.2 Å². The number of Topliss-reactive ketones (excluding diaryl/α,β-unsaturated/α-hetero) is 2. The van der Waals surface area contributed by atoms with Crippen LogP contribution in [0.25, 0.3) is 0 Å². The summed E-state index contributed by atoms with van der Waals surface area (Å²) in [6.45, 7) is 0. The highest BCUT2D eigenvalue weighted by Crippen LogP contribution is 2.63. The second-order valence-corrected chi connectivity index (χ2v) is 13.7. The van der Waals surface area contributed by atoms with Gasteiger partial charge in [0.2, 0.25) is 0 Å². The first kappa shape index (κ1) is 18.9. The van der Waals surface area contributed by atoms with E-state index < -0.39 is 0 Å². The van der Waals surface area contributed by atoms with Gasteiger partial charge in [0, 0.05) is 22.7 Å². The Kier molecular flexibility index (Phi) is 4.05. The molecule has 9 rings (SSSR count). The van der Waals surface area contributed by atoms with Gasteiger partial charge in [-0.3, -0.25) is 9.59 Å². The lowest BCUT2D eigenvalue weighted by molar-refractivity contribution is -0.153.